The van der Waals surface area contributed by atoms with Gasteiger partial charge in [0, 0.05) is 19.5 Å². The Morgan fingerprint density at radius 3 is 2.90 bits per heavy atom. The number of hydrogen-bond acceptors (Lipinski definition) is 5. The van der Waals surface area contributed by atoms with Crippen molar-refractivity contribution >= 4 is 23.0 Å². The van der Waals surface area contributed by atoms with E-state index in [4.69, 9.17) is 5.11 Å². The number of fused-ring (bicyclic) bond motifs is 1. The minimum Gasteiger partial charge on any atom is -0.481 e. The molecule has 1 saturated heterocycles. The highest BCUT2D eigenvalue weighted by atomic mass is 16.4. The Bertz CT molecular complexity index is 646. The van der Waals surface area contributed by atoms with Crippen molar-refractivity contribution in [3.8, 4) is 0 Å². The molecule has 0 amide bonds. The number of para-hydroxylation sites is 1. The Labute approximate surface area is 122 Å². The lowest BCUT2D eigenvalue weighted by Crippen LogP contribution is -2.36. The molecule has 1 aliphatic heterocycles. The minimum absolute atomic E-state index is 0.231. The molecule has 1 N–H and O–H groups in total. The van der Waals surface area contributed by atoms with Gasteiger partial charge in [-0.1, -0.05) is 12.1 Å². The number of benzene rings is 1. The number of carbonyl (C=O) groups is 1. The van der Waals surface area contributed by atoms with Crippen LogP contribution < -0.4 is 4.90 Å². The average Bonchev–Trinajstić information content (AvgIpc) is 2.53. The summed E-state index contributed by atoms with van der Waals surface area (Å²) >= 11 is 0. The van der Waals surface area contributed by atoms with Crippen molar-refractivity contribution in [1.82, 2.24) is 15.2 Å². The van der Waals surface area contributed by atoms with Gasteiger partial charge in [0.15, 0.2) is 0 Å². The molecule has 1 fully saturated rings. The Balaban J connectivity index is 1.73. The minimum atomic E-state index is -0.726. The van der Waals surface area contributed by atoms with Gasteiger partial charge < -0.3 is 10.0 Å². The van der Waals surface area contributed by atoms with E-state index in [1.807, 2.05) is 24.3 Å². The van der Waals surface area contributed by atoms with Crippen molar-refractivity contribution in [2.24, 2.45) is 5.92 Å². The van der Waals surface area contributed by atoms with Crippen molar-refractivity contribution in [2.75, 3.05) is 18.0 Å². The van der Waals surface area contributed by atoms with Crippen molar-refractivity contribution in [2.45, 2.75) is 25.7 Å². The summed E-state index contributed by atoms with van der Waals surface area (Å²) in [5.74, 6) is 0.314. The zero-order valence-corrected chi connectivity index (χ0v) is 11.8. The Hall–Kier alpha value is -2.24. The third kappa shape index (κ3) is 3.26. The third-order valence-electron chi connectivity index (χ3n) is 3.92. The van der Waals surface area contributed by atoms with Crippen LogP contribution >= 0.6 is 0 Å². The maximum atomic E-state index is 10.7. The van der Waals surface area contributed by atoms with E-state index in [0.29, 0.717) is 18.3 Å². The maximum absolute atomic E-state index is 10.7. The largest absolute Gasteiger partial charge is 0.481 e. The topological polar surface area (TPSA) is 79.2 Å². The quantitative estimate of drug-likeness (QED) is 0.927. The average molecular weight is 286 g/mol. The van der Waals surface area contributed by atoms with E-state index < -0.39 is 5.97 Å². The van der Waals surface area contributed by atoms with Crippen LogP contribution in [0.3, 0.4) is 0 Å². The Morgan fingerprint density at radius 1 is 1.29 bits per heavy atom. The van der Waals surface area contributed by atoms with Gasteiger partial charge >= 0.3 is 5.97 Å². The lowest BCUT2D eigenvalue weighted by Gasteiger charge is -2.32. The normalized spacial score (nSPS) is 18.9. The fourth-order valence-electron chi connectivity index (χ4n) is 2.82. The van der Waals surface area contributed by atoms with Gasteiger partial charge in [0.1, 0.15) is 5.52 Å². The number of rotatable bonds is 4. The molecular formula is C15H18N4O2. The standard InChI is InChI=1S/C15H18N4O2/c20-14(21)8-7-11-4-3-9-19(10-11)15-16-12-5-1-2-6-13(12)17-18-15/h1-2,5-6,11H,3-4,7-10H2,(H,20,21). The van der Waals surface area contributed by atoms with Gasteiger partial charge in [0.05, 0.1) is 5.52 Å². The predicted molar refractivity (Wildman–Crippen MR) is 79.1 cm³/mol. The first-order valence-electron chi connectivity index (χ1n) is 7.28. The molecule has 0 aliphatic carbocycles. The second-order valence-corrected chi connectivity index (χ2v) is 5.49. The molecule has 2 heterocycles. The summed E-state index contributed by atoms with van der Waals surface area (Å²) in [7, 11) is 0. The fraction of sp³-hybridized carbons (Fsp3) is 0.467. The van der Waals surface area contributed by atoms with Crippen LogP contribution in [0.5, 0.6) is 0 Å². The summed E-state index contributed by atoms with van der Waals surface area (Å²) in [6, 6.07) is 7.68. The van der Waals surface area contributed by atoms with Gasteiger partial charge in [-0.25, -0.2) is 4.98 Å². The van der Waals surface area contributed by atoms with Crippen LogP contribution in [0.2, 0.25) is 0 Å². The highest BCUT2D eigenvalue weighted by Crippen LogP contribution is 2.24. The molecule has 6 heteroatoms. The van der Waals surface area contributed by atoms with Crippen LogP contribution in [-0.4, -0.2) is 39.3 Å². The highest BCUT2D eigenvalue weighted by Gasteiger charge is 2.22. The number of aromatic nitrogens is 3. The smallest absolute Gasteiger partial charge is 0.303 e. The number of carboxylic acids is 1. The molecule has 0 saturated carbocycles. The first-order chi connectivity index (χ1) is 10.2. The molecule has 0 spiro atoms. The highest BCUT2D eigenvalue weighted by molar-refractivity contribution is 5.74. The van der Waals surface area contributed by atoms with Crippen LogP contribution in [0.15, 0.2) is 24.3 Å². The van der Waals surface area contributed by atoms with Crippen molar-refractivity contribution in [3.63, 3.8) is 0 Å². The molecule has 0 bridgehead atoms. The number of nitrogens with zero attached hydrogens (tertiary/aromatic N) is 4. The van der Waals surface area contributed by atoms with Crippen molar-refractivity contribution in [1.29, 1.82) is 0 Å². The molecule has 3 rings (SSSR count). The summed E-state index contributed by atoms with van der Waals surface area (Å²) in [5, 5.41) is 17.2. The summed E-state index contributed by atoms with van der Waals surface area (Å²) in [5.41, 5.74) is 1.64. The van der Waals surface area contributed by atoms with E-state index in [2.05, 4.69) is 20.1 Å². The van der Waals surface area contributed by atoms with E-state index in [1.165, 1.54) is 0 Å². The second kappa shape index (κ2) is 6.03. The van der Waals surface area contributed by atoms with E-state index in [0.717, 1.165) is 37.0 Å². The SMILES string of the molecule is O=C(O)CCC1CCCN(c2nnc3ccccc3n2)C1. The zero-order chi connectivity index (χ0) is 14.7. The fourth-order valence-corrected chi connectivity index (χ4v) is 2.82. The predicted octanol–water partition coefficient (Wildman–Crippen LogP) is 2.11. The van der Waals surface area contributed by atoms with Crippen LogP contribution in [-0.2, 0) is 4.79 Å². The van der Waals surface area contributed by atoms with Gasteiger partial charge in [-0.2, -0.15) is 0 Å². The van der Waals surface area contributed by atoms with Gasteiger partial charge in [-0.3, -0.25) is 4.79 Å². The molecular weight excluding hydrogens is 268 g/mol. The Morgan fingerprint density at radius 2 is 2.10 bits per heavy atom. The second-order valence-electron chi connectivity index (χ2n) is 5.49. The lowest BCUT2D eigenvalue weighted by atomic mass is 9.93. The van der Waals surface area contributed by atoms with Gasteiger partial charge in [-0.05, 0) is 37.3 Å². The molecule has 2 aromatic rings. The number of carboxylic acid groups (broad SMARTS) is 1. The monoisotopic (exact) mass is 286 g/mol. The lowest BCUT2D eigenvalue weighted by molar-refractivity contribution is -0.137. The summed E-state index contributed by atoms with van der Waals surface area (Å²) < 4.78 is 0. The molecule has 1 aromatic heterocycles. The first kappa shape index (κ1) is 13.7. The first-order valence-corrected chi connectivity index (χ1v) is 7.28. The van der Waals surface area contributed by atoms with Gasteiger partial charge in [-0.15, -0.1) is 10.2 Å². The molecule has 0 radical (unpaired) electrons. The third-order valence-corrected chi connectivity index (χ3v) is 3.92. The molecule has 1 unspecified atom stereocenters. The maximum Gasteiger partial charge on any atom is 0.303 e. The van der Waals surface area contributed by atoms with Gasteiger partial charge in [0.2, 0.25) is 5.95 Å². The van der Waals surface area contributed by atoms with Crippen LogP contribution in [0, 0.1) is 5.92 Å². The van der Waals surface area contributed by atoms with Crippen LogP contribution in [0.1, 0.15) is 25.7 Å². The molecule has 1 aliphatic rings. The number of aliphatic carboxylic acids is 1. The number of hydrogen-bond donors (Lipinski definition) is 1. The van der Waals surface area contributed by atoms with Gasteiger partial charge in [0.25, 0.3) is 0 Å². The zero-order valence-electron chi connectivity index (χ0n) is 11.8. The van der Waals surface area contributed by atoms with E-state index >= 15 is 0 Å². The molecule has 1 atom stereocenters. The van der Waals surface area contributed by atoms with Crippen LogP contribution in [0.4, 0.5) is 5.95 Å². The summed E-state index contributed by atoms with van der Waals surface area (Å²) in [6.45, 7) is 1.72. The van der Waals surface area contributed by atoms with Crippen molar-refractivity contribution < 1.29 is 9.90 Å². The molecule has 110 valence electrons. The van der Waals surface area contributed by atoms with E-state index in [-0.39, 0.29) is 6.42 Å². The number of anilines is 1. The molecule has 21 heavy (non-hydrogen) atoms. The summed E-state index contributed by atoms with van der Waals surface area (Å²) in [4.78, 5) is 17.4. The molecule has 6 nitrogen and oxygen atoms in total. The van der Waals surface area contributed by atoms with Crippen molar-refractivity contribution in [3.05, 3.63) is 24.3 Å². The van der Waals surface area contributed by atoms with Crippen LogP contribution in [0.25, 0.3) is 11.0 Å². The number of piperidine rings is 1. The summed E-state index contributed by atoms with van der Waals surface area (Å²) in [6.07, 6.45) is 3.06. The Kier molecular flexibility index (Phi) is 3.94. The molecule has 1 aromatic carbocycles. The van der Waals surface area contributed by atoms with E-state index in [1.54, 1.807) is 0 Å². The van der Waals surface area contributed by atoms with E-state index in [9.17, 15) is 4.79 Å².